The topological polar surface area (TPSA) is 90.4 Å². The van der Waals surface area contributed by atoms with E-state index in [9.17, 15) is 19.5 Å². The number of ether oxygens (including phenoxy) is 1. The number of rotatable bonds is 4. The molecule has 146 valence electrons. The predicted molar refractivity (Wildman–Crippen MR) is 95.4 cm³/mol. The minimum atomic E-state index is -1.00. The van der Waals surface area contributed by atoms with Crippen LogP contribution < -0.4 is 0 Å². The van der Waals surface area contributed by atoms with Crippen LogP contribution >= 0.6 is 0 Å². The van der Waals surface area contributed by atoms with E-state index in [0.717, 1.165) is 0 Å². The van der Waals surface area contributed by atoms with Crippen LogP contribution in [0.15, 0.2) is 12.7 Å². The maximum absolute atomic E-state index is 12.7. The monoisotopic (exact) mass is 367 g/mol. The van der Waals surface area contributed by atoms with Crippen molar-refractivity contribution in [2.75, 3.05) is 26.9 Å². The molecular weight excluding hydrogens is 338 g/mol. The third kappa shape index (κ3) is 3.56. The SMILES string of the molecule is C=CC(=O)N1COC2(CCN(C(=O)N(C)[C@H](C(=O)O)C(C)C)CC2)[C@@H]1C. The minimum absolute atomic E-state index is 0.0922. The van der Waals surface area contributed by atoms with Crippen molar-refractivity contribution in [2.45, 2.75) is 51.3 Å². The zero-order valence-electron chi connectivity index (χ0n) is 16.0. The molecule has 0 aromatic carbocycles. The van der Waals surface area contributed by atoms with Gasteiger partial charge in [0.25, 0.3) is 0 Å². The van der Waals surface area contributed by atoms with Crippen LogP contribution in [0.2, 0.25) is 0 Å². The Labute approximate surface area is 154 Å². The number of piperidine rings is 1. The van der Waals surface area contributed by atoms with Crippen LogP contribution in [0.25, 0.3) is 0 Å². The quantitative estimate of drug-likeness (QED) is 0.758. The number of hydrogen-bond acceptors (Lipinski definition) is 4. The van der Waals surface area contributed by atoms with Gasteiger partial charge in [-0.1, -0.05) is 20.4 Å². The van der Waals surface area contributed by atoms with Crippen molar-refractivity contribution < 1.29 is 24.2 Å². The summed E-state index contributed by atoms with van der Waals surface area (Å²) >= 11 is 0. The predicted octanol–water partition coefficient (Wildman–Crippen LogP) is 1.37. The molecule has 2 rings (SSSR count). The maximum atomic E-state index is 12.7. The molecule has 26 heavy (non-hydrogen) atoms. The highest BCUT2D eigenvalue weighted by atomic mass is 16.5. The molecule has 2 atom stereocenters. The van der Waals surface area contributed by atoms with Gasteiger partial charge in [-0.2, -0.15) is 0 Å². The van der Waals surface area contributed by atoms with Crippen LogP contribution in [0.4, 0.5) is 4.79 Å². The molecule has 2 aliphatic rings. The average Bonchev–Trinajstić information content (AvgIpc) is 2.90. The summed E-state index contributed by atoms with van der Waals surface area (Å²) in [5.41, 5.74) is -0.460. The minimum Gasteiger partial charge on any atom is -0.480 e. The molecule has 1 N–H and O–H groups in total. The van der Waals surface area contributed by atoms with Gasteiger partial charge in [0.1, 0.15) is 12.8 Å². The van der Waals surface area contributed by atoms with E-state index in [0.29, 0.717) is 25.9 Å². The molecule has 0 aromatic rings. The molecule has 0 bridgehead atoms. The lowest BCUT2D eigenvalue weighted by Crippen LogP contribution is -2.57. The zero-order chi connectivity index (χ0) is 19.6. The number of hydrogen-bond donors (Lipinski definition) is 1. The van der Waals surface area contributed by atoms with Gasteiger partial charge in [0.2, 0.25) is 5.91 Å². The summed E-state index contributed by atoms with van der Waals surface area (Å²) in [6, 6.07) is -1.24. The fourth-order valence-corrected chi connectivity index (χ4v) is 3.96. The number of likely N-dealkylation sites (tertiary alicyclic amines) is 1. The number of carboxylic acids is 1. The highest BCUT2D eigenvalue weighted by Crippen LogP contribution is 2.37. The smallest absolute Gasteiger partial charge is 0.326 e. The van der Waals surface area contributed by atoms with Crippen molar-refractivity contribution in [3.63, 3.8) is 0 Å². The van der Waals surface area contributed by atoms with Gasteiger partial charge in [-0.15, -0.1) is 0 Å². The van der Waals surface area contributed by atoms with E-state index in [1.807, 2.05) is 6.92 Å². The van der Waals surface area contributed by atoms with Gasteiger partial charge in [0.15, 0.2) is 0 Å². The molecule has 0 saturated carbocycles. The van der Waals surface area contributed by atoms with Gasteiger partial charge in [-0.25, -0.2) is 9.59 Å². The second kappa shape index (κ2) is 7.65. The number of likely N-dealkylation sites (N-methyl/N-ethyl adjacent to an activating group) is 1. The molecule has 8 heteroatoms. The summed E-state index contributed by atoms with van der Waals surface area (Å²) in [7, 11) is 1.53. The van der Waals surface area contributed by atoms with Crippen LogP contribution in [-0.2, 0) is 14.3 Å². The first-order valence-corrected chi connectivity index (χ1v) is 8.96. The first kappa shape index (κ1) is 20.2. The second-order valence-corrected chi connectivity index (χ2v) is 7.43. The second-order valence-electron chi connectivity index (χ2n) is 7.43. The Bertz CT molecular complexity index is 583. The van der Waals surface area contributed by atoms with E-state index in [1.54, 1.807) is 23.6 Å². The Kier molecular flexibility index (Phi) is 5.95. The van der Waals surface area contributed by atoms with E-state index >= 15 is 0 Å². The standard InChI is InChI=1S/C18H29N3O5/c1-6-14(22)21-11-26-18(13(21)4)7-9-20(10-8-18)17(25)19(5)15(12(2)3)16(23)24/h6,12-13,15H,1,7-11H2,2-5H3,(H,23,24)/t13-,15-/m0/s1. The Morgan fingerprint density at radius 3 is 2.35 bits per heavy atom. The highest BCUT2D eigenvalue weighted by molar-refractivity contribution is 5.87. The van der Waals surface area contributed by atoms with Gasteiger partial charge < -0.3 is 24.5 Å². The van der Waals surface area contributed by atoms with E-state index in [4.69, 9.17) is 4.74 Å². The van der Waals surface area contributed by atoms with Gasteiger partial charge in [0, 0.05) is 20.1 Å². The summed E-state index contributed by atoms with van der Waals surface area (Å²) in [6.45, 7) is 10.2. The molecule has 0 aromatic heterocycles. The lowest BCUT2D eigenvalue weighted by atomic mass is 9.85. The number of urea groups is 1. The first-order chi connectivity index (χ1) is 12.1. The molecule has 3 amide bonds. The Morgan fingerprint density at radius 2 is 1.88 bits per heavy atom. The Balaban J connectivity index is 2.02. The summed E-state index contributed by atoms with van der Waals surface area (Å²) in [5, 5.41) is 9.39. The fourth-order valence-electron chi connectivity index (χ4n) is 3.96. The molecule has 0 aliphatic carbocycles. The van der Waals surface area contributed by atoms with Crippen molar-refractivity contribution in [1.29, 1.82) is 0 Å². The van der Waals surface area contributed by atoms with Gasteiger partial charge in [-0.05, 0) is 31.8 Å². The zero-order valence-corrected chi connectivity index (χ0v) is 16.0. The summed E-state index contributed by atoms with van der Waals surface area (Å²) in [5.74, 6) is -1.35. The van der Waals surface area contributed by atoms with Gasteiger partial charge in [-0.3, -0.25) is 4.79 Å². The molecule has 8 nitrogen and oxygen atoms in total. The molecule has 1 spiro atoms. The van der Waals surface area contributed by atoms with E-state index < -0.39 is 17.6 Å². The van der Waals surface area contributed by atoms with Gasteiger partial charge in [0.05, 0.1) is 11.6 Å². The van der Waals surface area contributed by atoms with Crippen LogP contribution in [0.1, 0.15) is 33.6 Å². The van der Waals surface area contributed by atoms with E-state index in [1.165, 1.54) is 18.0 Å². The Hall–Kier alpha value is -2.09. The number of carboxylic acid groups (broad SMARTS) is 1. The maximum Gasteiger partial charge on any atom is 0.326 e. The van der Waals surface area contributed by atoms with Crippen molar-refractivity contribution in [1.82, 2.24) is 14.7 Å². The lowest BCUT2D eigenvalue weighted by Gasteiger charge is -2.43. The number of nitrogens with zero attached hydrogens (tertiary/aromatic N) is 3. The first-order valence-electron chi connectivity index (χ1n) is 8.96. The third-order valence-electron chi connectivity index (χ3n) is 5.66. The Morgan fingerprint density at radius 1 is 1.31 bits per heavy atom. The highest BCUT2D eigenvalue weighted by Gasteiger charge is 2.49. The van der Waals surface area contributed by atoms with Crippen LogP contribution in [0.3, 0.4) is 0 Å². The number of aliphatic carboxylic acids is 1. The average molecular weight is 367 g/mol. The number of amides is 3. The normalized spacial score (nSPS) is 23.2. The summed E-state index contributed by atoms with van der Waals surface area (Å²) < 4.78 is 5.95. The summed E-state index contributed by atoms with van der Waals surface area (Å²) in [6.07, 6.45) is 2.49. The largest absolute Gasteiger partial charge is 0.480 e. The van der Waals surface area contributed by atoms with Crippen molar-refractivity contribution >= 4 is 17.9 Å². The van der Waals surface area contributed by atoms with Crippen molar-refractivity contribution in [3.05, 3.63) is 12.7 Å². The molecule has 2 aliphatic heterocycles. The third-order valence-corrected chi connectivity index (χ3v) is 5.66. The van der Waals surface area contributed by atoms with Crippen LogP contribution in [0, 0.1) is 5.92 Å². The molecule has 0 radical (unpaired) electrons. The van der Waals surface area contributed by atoms with Crippen LogP contribution in [-0.4, -0.2) is 82.3 Å². The number of carbonyl (C=O) groups is 3. The van der Waals surface area contributed by atoms with Crippen molar-refractivity contribution in [3.8, 4) is 0 Å². The van der Waals surface area contributed by atoms with Gasteiger partial charge >= 0.3 is 12.0 Å². The fraction of sp³-hybridized carbons (Fsp3) is 0.722. The summed E-state index contributed by atoms with van der Waals surface area (Å²) in [4.78, 5) is 40.7. The molecule has 2 fully saturated rings. The molecule has 0 unspecified atom stereocenters. The van der Waals surface area contributed by atoms with E-state index in [2.05, 4.69) is 6.58 Å². The van der Waals surface area contributed by atoms with Crippen molar-refractivity contribution in [2.24, 2.45) is 5.92 Å². The molecule has 2 saturated heterocycles. The molecule has 2 heterocycles. The lowest BCUT2D eigenvalue weighted by molar-refractivity contribution is -0.143. The van der Waals surface area contributed by atoms with Crippen LogP contribution in [0.5, 0.6) is 0 Å². The molecular formula is C18H29N3O5. The number of carbonyl (C=O) groups excluding carboxylic acids is 2. The van der Waals surface area contributed by atoms with E-state index in [-0.39, 0.29) is 30.6 Å².